The second-order valence-electron chi connectivity index (χ2n) is 5.14. The predicted octanol–water partition coefficient (Wildman–Crippen LogP) is 4.46. The number of likely N-dealkylation sites (N-methyl/N-ethyl adjacent to an activating group) is 1. The monoisotopic (exact) mass is 281 g/mol. The van der Waals surface area contributed by atoms with E-state index in [1.807, 2.05) is 6.07 Å². The van der Waals surface area contributed by atoms with Crippen molar-refractivity contribution in [3.63, 3.8) is 0 Å². The first kappa shape index (κ1) is 17.1. The summed E-state index contributed by atoms with van der Waals surface area (Å²) in [6.45, 7) is 6.65. The zero-order valence-electron chi connectivity index (χ0n) is 12.8. The lowest BCUT2D eigenvalue weighted by atomic mass is 10.1. The van der Waals surface area contributed by atoms with Crippen molar-refractivity contribution in [1.29, 1.82) is 0 Å². The average Bonchev–Trinajstić information content (AvgIpc) is 2.45. The number of benzene rings is 1. The summed E-state index contributed by atoms with van der Waals surface area (Å²) in [5, 5.41) is 3.28. The van der Waals surface area contributed by atoms with Crippen molar-refractivity contribution in [1.82, 2.24) is 5.32 Å². The van der Waals surface area contributed by atoms with E-state index in [0.717, 1.165) is 31.7 Å². The quantitative estimate of drug-likeness (QED) is 0.604. The van der Waals surface area contributed by atoms with Gasteiger partial charge in [-0.15, -0.1) is 0 Å². The molecule has 0 aliphatic heterocycles. The molecular formula is C17H28FNO. The molecule has 0 spiro atoms. The highest BCUT2D eigenvalue weighted by Gasteiger charge is 2.12. The summed E-state index contributed by atoms with van der Waals surface area (Å²) in [6, 6.07) is 6.72. The summed E-state index contributed by atoms with van der Waals surface area (Å²) in [4.78, 5) is 0. The number of hydrogen-bond acceptors (Lipinski definition) is 2. The van der Waals surface area contributed by atoms with Crippen LogP contribution in [0.2, 0.25) is 0 Å². The molecule has 0 saturated carbocycles. The molecule has 20 heavy (non-hydrogen) atoms. The van der Waals surface area contributed by atoms with Gasteiger partial charge >= 0.3 is 0 Å². The molecule has 2 nitrogen and oxygen atoms in total. The highest BCUT2D eigenvalue weighted by molar-refractivity contribution is 5.19. The zero-order valence-corrected chi connectivity index (χ0v) is 12.8. The molecule has 0 radical (unpaired) electrons. The van der Waals surface area contributed by atoms with Gasteiger partial charge in [-0.3, -0.25) is 0 Å². The molecule has 3 heteroatoms. The first-order chi connectivity index (χ1) is 9.77. The van der Waals surface area contributed by atoms with Crippen molar-refractivity contribution >= 4 is 0 Å². The minimum absolute atomic E-state index is 0.0585. The van der Waals surface area contributed by atoms with Crippen molar-refractivity contribution < 1.29 is 9.13 Å². The van der Waals surface area contributed by atoms with E-state index < -0.39 is 0 Å². The molecular weight excluding hydrogens is 253 g/mol. The van der Waals surface area contributed by atoms with Crippen LogP contribution in [0.5, 0.6) is 0 Å². The third-order valence-corrected chi connectivity index (χ3v) is 3.37. The number of rotatable bonds is 11. The van der Waals surface area contributed by atoms with E-state index in [-0.39, 0.29) is 11.9 Å². The van der Waals surface area contributed by atoms with Crippen LogP contribution in [0.25, 0.3) is 0 Å². The molecule has 1 unspecified atom stereocenters. The summed E-state index contributed by atoms with van der Waals surface area (Å²) >= 11 is 0. The molecule has 0 aliphatic rings. The number of unbranched alkanes of at least 4 members (excludes halogenated alkanes) is 4. The molecule has 0 amide bonds. The topological polar surface area (TPSA) is 21.3 Å². The molecule has 0 heterocycles. The van der Waals surface area contributed by atoms with Crippen LogP contribution in [0.15, 0.2) is 24.3 Å². The van der Waals surface area contributed by atoms with Crippen LogP contribution in [0, 0.1) is 5.82 Å². The van der Waals surface area contributed by atoms with Crippen LogP contribution < -0.4 is 5.32 Å². The Morgan fingerprint density at radius 2 is 1.95 bits per heavy atom. The molecule has 0 bridgehead atoms. The van der Waals surface area contributed by atoms with Crippen molar-refractivity contribution in [2.75, 3.05) is 19.7 Å². The standard InChI is InChI=1S/C17H28FNO/c1-3-5-6-7-8-12-20-17(14-19-4-2)15-10-9-11-16(18)13-15/h9-11,13,17,19H,3-8,12,14H2,1-2H3. The van der Waals surface area contributed by atoms with Gasteiger partial charge in [0, 0.05) is 13.2 Å². The smallest absolute Gasteiger partial charge is 0.123 e. The van der Waals surface area contributed by atoms with Gasteiger partial charge in [-0.1, -0.05) is 51.7 Å². The van der Waals surface area contributed by atoms with Crippen molar-refractivity contribution in [3.05, 3.63) is 35.6 Å². The first-order valence-electron chi connectivity index (χ1n) is 7.85. The van der Waals surface area contributed by atoms with E-state index in [1.165, 1.54) is 31.7 Å². The van der Waals surface area contributed by atoms with Crippen LogP contribution in [0.1, 0.15) is 57.6 Å². The maximum absolute atomic E-state index is 13.3. The van der Waals surface area contributed by atoms with Gasteiger partial charge in [0.1, 0.15) is 5.82 Å². The van der Waals surface area contributed by atoms with E-state index in [0.29, 0.717) is 0 Å². The van der Waals surface area contributed by atoms with E-state index in [1.54, 1.807) is 12.1 Å². The fourth-order valence-corrected chi connectivity index (χ4v) is 2.19. The van der Waals surface area contributed by atoms with E-state index in [2.05, 4.69) is 19.2 Å². The first-order valence-corrected chi connectivity index (χ1v) is 7.85. The Labute approximate surface area is 122 Å². The van der Waals surface area contributed by atoms with Gasteiger partial charge in [-0.05, 0) is 30.7 Å². The Morgan fingerprint density at radius 3 is 2.65 bits per heavy atom. The molecule has 1 aromatic carbocycles. The van der Waals surface area contributed by atoms with Crippen molar-refractivity contribution in [3.8, 4) is 0 Å². The van der Waals surface area contributed by atoms with Crippen LogP contribution in [0.3, 0.4) is 0 Å². The lowest BCUT2D eigenvalue weighted by Crippen LogP contribution is -2.23. The van der Waals surface area contributed by atoms with Gasteiger partial charge in [0.25, 0.3) is 0 Å². The number of nitrogens with one attached hydrogen (secondary N) is 1. The molecule has 0 aliphatic carbocycles. The summed E-state index contributed by atoms with van der Waals surface area (Å²) in [5.41, 5.74) is 0.916. The minimum atomic E-state index is -0.199. The zero-order chi connectivity index (χ0) is 14.6. The van der Waals surface area contributed by atoms with Gasteiger partial charge < -0.3 is 10.1 Å². The Balaban J connectivity index is 2.40. The molecule has 0 aromatic heterocycles. The second-order valence-corrected chi connectivity index (χ2v) is 5.14. The molecule has 1 aromatic rings. The molecule has 1 N–H and O–H groups in total. The maximum atomic E-state index is 13.3. The van der Waals surface area contributed by atoms with Crippen LogP contribution in [0.4, 0.5) is 4.39 Å². The Morgan fingerprint density at radius 1 is 1.15 bits per heavy atom. The van der Waals surface area contributed by atoms with Gasteiger partial charge in [-0.25, -0.2) is 4.39 Å². The van der Waals surface area contributed by atoms with Gasteiger partial charge in [0.2, 0.25) is 0 Å². The minimum Gasteiger partial charge on any atom is -0.372 e. The summed E-state index contributed by atoms with van der Waals surface area (Å²) in [5.74, 6) is -0.199. The largest absolute Gasteiger partial charge is 0.372 e. The average molecular weight is 281 g/mol. The Kier molecular flexibility index (Phi) is 9.25. The summed E-state index contributed by atoms with van der Waals surface area (Å²) in [6.07, 6.45) is 6.06. The van der Waals surface area contributed by atoms with Gasteiger partial charge in [0.05, 0.1) is 6.10 Å². The van der Waals surface area contributed by atoms with Crippen molar-refractivity contribution in [2.45, 2.75) is 52.1 Å². The lowest BCUT2D eigenvalue weighted by Gasteiger charge is -2.19. The highest BCUT2D eigenvalue weighted by Crippen LogP contribution is 2.18. The normalized spacial score (nSPS) is 12.6. The molecule has 114 valence electrons. The van der Waals surface area contributed by atoms with Gasteiger partial charge in [-0.2, -0.15) is 0 Å². The third kappa shape index (κ3) is 7.01. The molecule has 1 rings (SSSR count). The fourth-order valence-electron chi connectivity index (χ4n) is 2.19. The number of halogens is 1. The van der Waals surface area contributed by atoms with Crippen molar-refractivity contribution in [2.24, 2.45) is 0 Å². The molecule has 0 fully saturated rings. The van der Waals surface area contributed by atoms with E-state index in [4.69, 9.17) is 4.74 Å². The number of hydrogen-bond donors (Lipinski definition) is 1. The maximum Gasteiger partial charge on any atom is 0.123 e. The SMILES string of the molecule is CCCCCCCOC(CNCC)c1cccc(F)c1. The van der Waals surface area contributed by atoms with E-state index in [9.17, 15) is 4.39 Å². The Bertz CT molecular complexity index is 357. The highest BCUT2D eigenvalue weighted by atomic mass is 19.1. The van der Waals surface area contributed by atoms with Crippen LogP contribution >= 0.6 is 0 Å². The summed E-state index contributed by atoms with van der Waals surface area (Å²) in [7, 11) is 0. The number of ether oxygens (including phenoxy) is 1. The van der Waals surface area contributed by atoms with E-state index >= 15 is 0 Å². The second kappa shape index (κ2) is 10.8. The van der Waals surface area contributed by atoms with Gasteiger partial charge in [0.15, 0.2) is 0 Å². The summed E-state index contributed by atoms with van der Waals surface area (Å²) < 4.78 is 19.2. The predicted molar refractivity (Wildman–Crippen MR) is 82.4 cm³/mol. The lowest BCUT2D eigenvalue weighted by molar-refractivity contribution is 0.0500. The Hall–Kier alpha value is -0.930. The molecule has 0 saturated heterocycles. The molecule has 1 atom stereocenters. The fraction of sp³-hybridized carbons (Fsp3) is 0.647. The van der Waals surface area contributed by atoms with Crippen LogP contribution in [-0.2, 0) is 4.74 Å². The third-order valence-electron chi connectivity index (χ3n) is 3.37. The van der Waals surface area contributed by atoms with Crippen LogP contribution in [-0.4, -0.2) is 19.7 Å².